The number of carbonyl (C=O) groups is 1. The van der Waals surface area contributed by atoms with Crippen LogP contribution in [0.15, 0.2) is 36.7 Å². The third kappa shape index (κ3) is 3.77. The zero-order chi connectivity index (χ0) is 19.7. The lowest BCUT2D eigenvalue weighted by Gasteiger charge is -2.30. The molecule has 2 heterocycles. The summed E-state index contributed by atoms with van der Waals surface area (Å²) < 4.78 is 1.75. The van der Waals surface area contributed by atoms with Gasteiger partial charge < -0.3 is 4.90 Å². The molecular formula is C22H27N5O. The first kappa shape index (κ1) is 18.6. The topological polar surface area (TPSA) is 63.4 Å². The zero-order valence-corrected chi connectivity index (χ0v) is 16.8. The standard InChI is InChI=1S/C22H27N5O/c1-15-20(17(3)27-22(25-15)23-14-24-27)11-12-21(28)26(16(2)19-9-10-19)13-18-7-5-4-6-8-18/h4-8,14,16,19H,9-13H2,1-3H3. The average molecular weight is 377 g/mol. The lowest BCUT2D eigenvalue weighted by Crippen LogP contribution is -2.39. The first-order chi connectivity index (χ1) is 13.5. The van der Waals surface area contributed by atoms with E-state index < -0.39 is 0 Å². The number of amides is 1. The van der Waals surface area contributed by atoms with Gasteiger partial charge in [0.2, 0.25) is 5.91 Å². The average Bonchev–Trinajstić information content (AvgIpc) is 3.44. The van der Waals surface area contributed by atoms with Gasteiger partial charge in [-0.15, -0.1) is 0 Å². The van der Waals surface area contributed by atoms with Gasteiger partial charge in [0.25, 0.3) is 5.78 Å². The third-order valence-corrected chi connectivity index (χ3v) is 5.89. The van der Waals surface area contributed by atoms with Crippen molar-refractivity contribution in [2.24, 2.45) is 5.92 Å². The van der Waals surface area contributed by atoms with Crippen LogP contribution in [0.25, 0.3) is 5.78 Å². The highest BCUT2D eigenvalue weighted by molar-refractivity contribution is 5.77. The minimum Gasteiger partial charge on any atom is -0.335 e. The van der Waals surface area contributed by atoms with E-state index in [4.69, 9.17) is 0 Å². The van der Waals surface area contributed by atoms with E-state index in [0.29, 0.717) is 31.1 Å². The number of rotatable bonds is 7. The minimum absolute atomic E-state index is 0.209. The van der Waals surface area contributed by atoms with Crippen molar-refractivity contribution in [2.45, 2.75) is 59.0 Å². The van der Waals surface area contributed by atoms with Crippen LogP contribution < -0.4 is 0 Å². The van der Waals surface area contributed by atoms with Crippen LogP contribution in [0.4, 0.5) is 0 Å². The van der Waals surface area contributed by atoms with E-state index in [9.17, 15) is 4.79 Å². The second-order valence-corrected chi connectivity index (χ2v) is 7.82. The van der Waals surface area contributed by atoms with Crippen LogP contribution >= 0.6 is 0 Å². The molecule has 28 heavy (non-hydrogen) atoms. The highest BCUT2D eigenvalue weighted by Gasteiger charge is 2.34. The molecule has 1 aliphatic rings. The number of hydrogen-bond donors (Lipinski definition) is 0. The first-order valence-electron chi connectivity index (χ1n) is 10.0. The third-order valence-electron chi connectivity index (χ3n) is 5.89. The van der Waals surface area contributed by atoms with E-state index in [2.05, 4.69) is 39.0 Å². The Labute approximate surface area is 165 Å². The molecule has 0 bridgehead atoms. The number of benzene rings is 1. The van der Waals surface area contributed by atoms with E-state index in [0.717, 1.165) is 17.0 Å². The molecule has 1 fully saturated rings. The summed E-state index contributed by atoms with van der Waals surface area (Å²) in [5.41, 5.74) is 4.21. The van der Waals surface area contributed by atoms with Crippen molar-refractivity contribution in [3.05, 3.63) is 59.2 Å². The van der Waals surface area contributed by atoms with Crippen molar-refractivity contribution in [1.29, 1.82) is 0 Å². The molecule has 0 radical (unpaired) electrons. The Morgan fingerprint density at radius 1 is 1.25 bits per heavy atom. The van der Waals surface area contributed by atoms with Gasteiger partial charge in [-0.2, -0.15) is 10.1 Å². The largest absolute Gasteiger partial charge is 0.335 e. The van der Waals surface area contributed by atoms with Crippen LogP contribution in [-0.2, 0) is 17.8 Å². The Balaban J connectivity index is 1.51. The molecular weight excluding hydrogens is 350 g/mol. The van der Waals surface area contributed by atoms with Crippen LogP contribution in [0.5, 0.6) is 0 Å². The minimum atomic E-state index is 0.209. The van der Waals surface area contributed by atoms with Crippen molar-refractivity contribution in [3.8, 4) is 0 Å². The summed E-state index contributed by atoms with van der Waals surface area (Å²) in [5, 5.41) is 4.25. The molecule has 0 N–H and O–H groups in total. The highest BCUT2D eigenvalue weighted by Crippen LogP contribution is 2.36. The number of aryl methyl sites for hydroxylation is 2. The fraction of sp³-hybridized carbons (Fsp3) is 0.455. The Kier molecular flexibility index (Phi) is 5.11. The second kappa shape index (κ2) is 7.70. The first-order valence-corrected chi connectivity index (χ1v) is 10.0. The Bertz CT molecular complexity index is 977. The molecule has 4 rings (SSSR count). The van der Waals surface area contributed by atoms with E-state index in [1.807, 2.05) is 32.0 Å². The van der Waals surface area contributed by atoms with Gasteiger partial charge in [-0.05, 0) is 57.1 Å². The van der Waals surface area contributed by atoms with Gasteiger partial charge in [0.15, 0.2) is 0 Å². The second-order valence-electron chi connectivity index (χ2n) is 7.82. The van der Waals surface area contributed by atoms with Crippen LogP contribution in [0.3, 0.4) is 0 Å². The maximum absolute atomic E-state index is 13.2. The van der Waals surface area contributed by atoms with E-state index >= 15 is 0 Å². The molecule has 1 aliphatic carbocycles. The summed E-state index contributed by atoms with van der Waals surface area (Å²) in [6.07, 6.45) is 5.12. The molecule has 0 aliphatic heterocycles. The van der Waals surface area contributed by atoms with Gasteiger partial charge in [0.05, 0.1) is 0 Å². The lowest BCUT2D eigenvalue weighted by molar-refractivity contribution is -0.134. The molecule has 1 atom stereocenters. The number of hydrogen-bond acceptors (Lipinski definition) is 4. The summed E-state index contributed by atoms with van der Waals surface area (Å²) >= 11 is 0. The Morgan fingerprint density at radius 3 is 2.71 bits per heavy atom. The van der Waals surface area contributed by atoms with Gasteiger partial charge in [-0.1, -0.05) is 30.3 Å². The molecule has 1 aromatic carbocycles. The molecule has 1 saturated carbocycles. The van der Waals surface area contributed by atoms with E-state index in [1.165, 1.54) is 24.7 Å². The normalized spacial score (nSPS) is 15.0. The van der Waals surface area contributed by atoms with E-state index in [1.54, 1.807) is 4.52 Å². The molecule has 0 spiro atoms. The fourth-order valence-corrected chi connectivity index (χ4v) is 3.97. The summed E-state index contributed by atoms with van der Waals surface area (Å²) in [7, 11) is 0. The molecule has 6 nitrogen and oxygen atoms in total. The Hall–Kier alpha value is -2.76. The van der Waals surface area contributed by atoms with Crippen molar-refractivity contribution in [3.63, 3.8) is 0 Å². The van der Waals surface area contributed by atoms with Crippen LogP contribution in [0.2, 0.25) is 0 Å². The molecule has 146 valence electrons. The lowest BCUT2D eigenvalue weighted by atomic mass is 10.0. The quantitative estimate of drug-likeness (QED) is 0.632. The summed E-state index contributed by atoms with van der Waals surface area (Å²) in [6, 6.07) is 10.6. The molecule has 2 aromatic heterocycles. The van der Waals surface area contributed by atoms with Gasteiger partial charge in [-0.3, -0.25) is 4.79 Å². The molecule has 1 unspecified atom stereocenters. The number of carbonyl (C=O) groups excluding carboxylic acids is 1. The van der Waals surface area contributed by atoms with Crippen molar-refractivity contribution in [1.82, 2.24) is 24.5 Å². The SMILES string of the molecule is Cc1nc2ncnn2c(C)c1CCC(=O)N(Cc1ccccc1)C(C)C1CC1. The molecule has 1 amide bonds. The predicted molar refractivity (Wildman–Crippen MR) is 108 cm³/mol. The maximum atomic E-state index is 13.2. The van der Waals surface area contributed by atoms with Crippen LogP contribution in [-0.4, -0.2) is 36.4 Å². The van der Waals surface area contributed by atoms with Crippen LogP contribution in [0.1, 0.15) is 48.7 Å². The van der Waals surface area contributed by atoms with Gasteiger partial charge in [0.1, 0.15) is 6.33 Å². The zero-order valence-electron chi connectivity index (χ0n) is 16.8. The summed E-state index contributed by atoms with van der Waals surface area (Å²) in [4.78, 5) is 24.0. The summed E-state index contributed by atoms with van der Waals surface area (Å²) in [5.74, 6) is 1.46. The van der Waals surface area contributed by atoms with Crippen molar-refractivity contribution < 1.29 is 4.79 Å². The monoisotopic (exact) mass is 377 g/mol. The molecule has 3 aromatic rings. The fourth-order valence-electron chi connectivity index (χ4n) is 3.97. The Morgan fingerprint density at radius 2 is 2.00 bits per heavy atom. The van der Waals surface area contributed by atoms with Crippen LogP contribution in [0, 0.1) is 19.8 Å². The van der Waals surface area contributed by atoms with E-state index in [-0.39, 0.29) is 11.9 Å². The highest BCUT2D eigenvalue weighted by atomic mass is 16.2. The number of aromatic nitrogens is 4. The predicted octanol–water partition coefficient (Wildman–Crippen LogP) is 3.50. The molecule has 6 heteroatoms. The van der Waals surface area contributed by atoms with Gasteiger partial charge >= 0.3 is 0 Å². The number of nitrogens with zero attached hydrogens (tertiary/aromatic N) is 5. The maximum Gasteiger partial charge on any atom is 0.252 e. The van der Waals surface area contributed by atoms with Gasteiger partial charge in [0, 0.05) is 30.4 Å². The van der Waals surface area contributed by atoms with Crippen molar-refractivity contribution in [2.75, 3.05) is 0 Å². The smallest absolute Gasteiger partial charge is 0.252 e. The van der Waals surface area contributed by atoms with Crippen molar-refractivity contribution >= 4 is 11.7 Å². The molecule has 0 saturated heterocycles. The number of fused-ring (bicyclic) bond motifs is 1. The summed E-state index contributed by atoms with van der Waals surface area (Å²) in [6.45, 7) is 6.87. The van der Waals surface area contributed by atoms with Gasteiger partial charge in [-0.25, -0.2) is 9.50 Å².